The normalized spacial score (nSPS) is 21.5. The highest BCUT2D eigenvalue weighted by Crippen LogP contribution is 2.60. The van der Waals surface area contributed by atoms with Crippen molar-refractivity contribution in [2.24, 2.45) is 0 Å². The van der Waals surface area contributed by atoms with Crippen LogP contribution in [0.4, 0.5) is 0 Å². The van der Waals surface area contributed by atoms with Crippen LogP contribution in [0.1, 0.15) is 91.9 Å². The summed E-state index contributed by atoms with van der Waals surface area (Å²) in [7, 11) is 0. The van der Waals surface area contributed by atoms with E-state index in [1.54, 1.807) is 28.1 Å². The van der Waals surface area contributed by atoms with Gasteiger partial charge in [-0.2, -0.15) is 0 Å². The van der Waals surface area contributed by atoms with Gasteiger partial charge in [-0.05, 0) is 59.2 Å². The molecule has 24 heavy (non-hydrogen) atoms. The van der Waals surface area contributed by atoms with Gasteiger partial charge in [0.15, 0.2) is 0 Å². The molecular formula is C20H32S4. The fraction of sp³-hybridized carbons (Fsp3) is 0.700. The lowest BCUT2D eigenvalue weighted by molar-refractivity contribution is 0.672. The lowest BCUT2D eigenvalue weighted by atomic mass is 10.1. The number of hydrogen-bond acceptors (Lipinski definition) is 4. The number of hydrogen-bond donors (Lipinski definition) is 0. The Labute approximate surface area is 166 Å². The monoisotopic (exact) mass is 400 g/mol. The Morgan fingerprint density at radius 1 is 0.542 bits per heavy atom. The smallest absolute Gasteiger partial charge is 0.0699 e. The highest BCUT2D eigenvalue weighted by molar-refractivity contribution is 8.34. The predicted molar refractivity (Wildman–Crippen MR) is 120 cm³/mol. The molecule has 0 atom stereocenters. The van der Waals surface area contributed by atoms with Gasteiger partial charge in [-0.1, -0.05) is 99.4 Å². The van der Waals surface area contributed by atoms with Crippen molar-refractivity contribution in [3.05, 3.63) is 28.1 Å². The third kappa shape index (κ3) is 6.41. The van der Waals surface area contributed by atoms with Crippen LogP contribution < -0.4 is 0 Å². The molecule has 0 fully saturated rings. The number of unbranched alkanes of at least 4 members (excludes halogenated alkanes) is 6. The number of thioether (sulfide) groups is 4. The first kappa shape index (κ1) is 20.9. The van der Waals surface area contributed by atoms with E-state index < -0.39 is 0 Å². The maximum absolute atomic E-state index is 2.32. The molecule has 0 N–H and O–H groups in total. The van der Waals surface area contributed by atoms with E-state index >= 15 is 0 Å². The van der Waals surface area contributed by atoms with E-state index in [4.69, 9.17) is 0 Å². The molecule has 0 amide bonds. The molecule has 2 rings (SSSR count). The summed E-state index contributed by atoms with van der Waals surface area (Å²) in [5, 5.41) is 0. The van der Waals surface area contributed by atoms with Crippen molar-refractivity contribution in [3.8, 4) is 0 Å². The molecule has 0 unspecified atom stereocenters. The van der Waals surface area contributed by atoms with Gasteiger partial charge in [0.25, 0.3) is 0 Å². The van der Waals surface area contributed by atoms with E-state index in [1.165, 1.54) is 64.2 Å². The zero-order chi connectivity index (χ0) is 17.4. The van der Waals surface area contributed by atoms with Crippen LogP contribution in [0.5, 0.6) is 0 Å². The second-order valence-corrected chi connectivity index (χ2v) is 11.7. The first-order valence-electron chi connectivity index (χ1n) is 9.50. The molecule has 0 aromatic carbocycles. The Kier molecular flexibility index (Phi) is 9.90. The quantitative estimate of drug-likeness (QED) is 0.335. The first-order chi connectivity index (χ1) is 11.7. The summed E-state index contributed by atoms with van der Waals surface area (Å²) in [6.45, 7) is 9.21. The van der Waals surface area contributed by atoms with E-state index in [2.05, 4.69) is 51.2 Å². The summed E-state index contributed by atoms with van der Waals surface area (Å²) < 4.78 is 3.10. The maximum Gasteiger partial charge on any atom is 0.0699 e. The standard InChI is InChI=1S/C20H32S4/c1-5-7-9-11-13-17-15(3)21-19(23-17)20-22-16(4)18(24-20)14-12-10-8-6-2/h5-14H2,1-4H3. The maximum atomic E-state index is 2.32. The molecule has 2 aliphatic heterocycles. The molecule has 0 bridgehead atoms. The van der Waals surface area contributed by atoms with Crippen molar-refractivity contribution in [1.82, 2.24) is 0 Å². The molecule has 0 spiro atoms. The summed E-state index contributed by atoms with van der Waals surface area (Å²) in [5.41, 5.74) is 0. The molecule has 4 heteroatoms. The Bertz CT molecular complexity index is 468. The van der Waals surface area contributed by atoms with Crippen molar-refractivity contribution in [2.45, 2.75) is 91.9 Å². The van der Waals surface area contributed by atoms with Crippen LogP contribution in [0, 0.1) is 0 Å². The largest absolute Gasteiger partial charge is 0.0849 e. The molecule has 0 saturated heterocycles. The average molecular weight is 401 g/mol. The minimum absolute atomic E-state index is 1.28. The van der Waals surface area contributed by atoms with Gasteiger partial charge >= 0.3 is 0 Å². The number of allylic oxidation sites excluding steroid dienone is 4. The van der Waals surface area contributed by atoms with E-state index in [0.717, 1.165) is 0 Å². The number of rotatable bonds is 10. The van der Waals surface area contributed by atoms with Crippen molar-refractivity contribution in [2.75, 3.05) is 0 Å². The third-order valence-corrected chi connectivity index (χ3v) is 10.3. The summed E-state index contributed by atoms with van der Waals surface area (Å²) in [4.78, 5) is 6.37. The van der Waals surface area contributed by atoms with Gasteiger partial charge in [-0.25, -0.2) is 0 Å². The average Bonchev–Trinajstić information content (AvgIpc) is 3.12. The van der Waals surface area contributed by atoms with Crippen LogP contribution in [-0.4, -0.2) is 0 Å². The molecule has 136 valence electrons. The molecular weight excluding hydrogens is 368 g/mol. The Morgan fingerprint density at radius 3 is 1.33 bits per heavy atom. The van der Waals surface area contributed by atoms with Gasteiger partial charge in [0.1, 0.15) is 0 Å². The molecule has 0 aromatic heterocycles. The van der Waals surface area contributed by atoms with Crippen LogP contribution >= 0.6 is 47.0 Å². The molecule has 2 aliphatic rings. The molecule has 0 radical (unpaired) electrons. The molecule has 0 nitrogen and oxygen atoms in total. The van der Waals surface area contributed by atoms with E-state index in [9.17, 15) is 0 Å². The zero-order valence-corrected chi connectivity index (χ0v) is 19.0. The molecule has 0 aromatic rings. The van der Waals surface area contributed by atoms with Crippen molar-refractivity contribution >= 4 is 47.0 Å². The third-order valence-electron chi connectivity index (χ3n) is 4.39. The molecule has 0 aliphatic carbocycles. The minimum atomic E-state index is 1.28. The molecule has 2 heterocycles. The Balaban J connectivity index is 1.82. The highest BCUT2D eigenvalue weighted by Gasteiger charge is 2.26. The lowest BCUT2D eigenvalue weighted by Crippen LogP contribution is -1.80. The summed E-state index contributed by atoms with van der Waals surface area (Å²) in [5.74, 6) is 0. The van der Waals surface area contributed by atoms with Crippen LogP contribution in [0.15, 0.2) is 28.1 Å². The topological polar surface area (TPSA) is 0 Å². The van der Waals surface area contributed by atoms with Gasteiger partial charge in [0.05, 0.1) is 8.47 Å². The van der Waals surface area contributed by atoms with E-state index in [0.29, 0.717) is 0 Å². The molecule has 0 saturated carbocycles. The van der Waals surface area contributed by atoms with Gasteiger partial charge in [0.2, 0.25) is 0 Å². The van der Waals surface area contributed by atoms with Crippen LogP contribution in [-0.2, 0) is 0 Å². The van der Waals surface area contributed by atoms with Gasteiger partial charge < -0.3 is 0 Å². The van der Waals surface area contributed by atoms with Crippen molar-refractivity contribution in [1.29, 1.82) is 0 Å². The van der Waals surface area contributed by atoms with Crippen molar-refractivity contribution in [3.63, 3.8) is 0 Å². The predicted octanol–water partition coefficient (Wildman–Crippen LogP) is 9.48. The Hall–Kier alpha value is 0.620. The van der Waals surface area contributed by atoms with Gasteiger partial charge in [-0.15, -0.1) is 0 Å². The summed E-state index contributed by atoms with van der Waals surface area (Å²) >= 11 is 8.18. The van der Waals surface area contributed by atoms with Crippen LogP contribution in [0.3, 0.4) is 0 Å². The van der Waals surface area contributed by atoms with Gasteiger partial charge in [-0.3, -0.25) is 0 Å². The van der Waals surface area contributed by atoms with Crippen molar-refractivity contribution < 1.29 is 0 Å². The second kappa shape index (κ2) is 11.4. The van der Waals surface area contributed by atoms with E-state index in [1.807, 2.05) is 23.5 Å². The lowest BCUT2D eigenvalue weighted by Gasteiger charge is -2.04. The Morgan fingerprint density at radius 2 is 0.958 bits per heavy atom. The second-order valence-electron chi connectivity index (χ2n) is 6.56. The SMILES string of the molecule is CCCCCCC1=C(C)SC(=C2SC(C)=C(CCCCCC)S2)S1. The summed E-state index contributed by atoms with van der Waals surface area (Å²) in [6.07, 6.45) is 13.5. The fourth-order valence-corrected chi connectivity index (χ4v) is 8.58. The van der Waals surface area contributed by atoms with Gasteiger partial charge in [0, 0.05) is 0 Å². The summed E-state index contributed by atoms with van der Waals surface area (Å²) in [6, 6.07) is 0. The minimum Gasteiger partial charge on any atom is -0.0849 e. The fourth-order valence-electron chi connectivity index (χ4n) is 2.85. The van der Waals surface area contributed by atoms with Crippen LogP contribution in [0.25, 0.3) is 0 Å². The highest BCUT2D eigenvalue weighted by atomic mass is 32.2. The first-order valence-corrected chi connectivity index (χ1v) is 12.8. The van der Waals surface area contributed by atoms with E-state index in [-0.39, 0.29) is 0 Å². The van der Waals surface area contributed by atoms with Crippen LogP contribution in [0.2, 0.25) is 0 Å². The zero-order valence-electron chi connectivity index (χ0n) is 15.7.